The molecule has 3 heterocycles. The Bertz CT molecular complexity index is 1670. The van der Waals surface area contributed by atoms with Gasteiger partial charge in [-0.05, 0) is 50.1 Å². The summed E-state index contributed by atoms with van der Waals surface area (Å²) in [7, 11) is 1.26. The zero-order valence-electron chi connectivity index (χ0n) is 23.1. The molecule has 2 aromatic carbocycles. The molecule has 0 spiro atoms. The van der Waals surface area contributed by atoms with E-state index in [0.717, 1.165) is 0 Å². The SMILES string of the molecule is COC(=O)Nc1ccc2c(c1)NC(=O)[C@H](C)CCC[C@H](NC(=O)c1ncn(-c3cccc(Cl)c3F)c1C)c1c[nH]c-2n1. The minimum absolute atomic E-state index is 0.0328. The summed E-state index contributed by atoms with van der Waals surface area (Å²) in [6.45, 7) is 3.51. The van der Waals surface area contributed by atoms with Crippen LogP contribution in [0.15, 0.2) is 48.9 Å². The molecule has 218 valence electrons. The van der Waals surface area contributed by atoms with Crippen LogP contribution < -0.4 is 16.0 Å². The van der Waals surface area contributed by atoms with Crippen LogP contribution >= 0.6 is 11.6 Å². The topological polar surface area (TPSA) is 143 Å². The standard InChI is InChI=1S/C29H29ClFN7O4/c1-15-6-4-8-20(36-28(40)25-16(2)38(14-33-25)23-9-5-7-19(30)24(23)31)22-13-32-26(35-22)18-11-10-17(34-29(41)42-3)12-21(18)37-27(15)39/h5,7,9-15,20H,4,6,8H2,1-3H3,(H,32,35)(H,34,41)(H,36,40)(H,37,39)/t15-,20+/m1/s1. The second kappa shape index (κ2) is 12.0. The van der Waals surface area contributed by atoms with E-state index in [1.165, 1.54) is 24.1 Å². The Hall–Kier alpha value is -4.71. The van der Waals surface area contributed by atoms with E-state index in [1.807, 2.05) is 6.92 Å². The Labute approximate surface area is 245 Å². The van der Waals surface area contributed by atoms with E-state index in [0.29, 0.717) is 53.4 Å². The lowest BCUT2D eigenvalue weighted by Crippen LogP contribution is -2.30. The van der Waals surface area contributed by atoms with Crippen molar-refractivity contribution in [2.75, 3.05) is 17.7 Å². The van der Waals surface area contributed by atoms with Gasteiger partial charge in [0.2, 0.25) is 5.91 Å². The fourth-order valence-corrected chi connectivity index (χ4v) is 5.01. The Morgan fingerprint density at radius 1 is 1.21 bits per heavy atom. The molecule has 42 heavy (non-hydrogen) atoms. The molecule has 0 radical (unpaired) electrons. The number of hydrogen-bond acceptors (Lipinski definition) is 6. The van der Waals surface area contributed by atoms with Crippen molar-refractivity contribution in [3.05, 3.63) is 76.8 Å². The number of nitrogens with zero attached hydrogens (tertiary/aromatic N) is 3. The van der Waals surface area contributed by atoms with Crippen LogP contribution in [0.2, 0.25) is 5.02 Å². The fraction of sp³-hybridized carbons (Fsp3) is 0.276. The van der Waals surface area contributed by atoms with E-state index < -0.39 is 23.9 Å². The third-order valence-electron chi connectivity index (χ3n) is 7.21. The molecule has 13 heteroatoms. The van der Waals surface area contributed by atoms with Gasteiger partial charge in [-0.15, -0.1) is 0 Å². The number of benzene rings is 2. The average Bonchev–Trinajstić information content (AvgIpc) is 3.60. The predicted octanol–water partition coefficient (Wildman–Crippen LogP) is 5.77. The van der Waals surface area contributed by atoms with Gasteiger partial charge >= 0.3 is 6.09 Å². The molecule has 0 aliphatic carbocycles. The van der Waals surface area contributed by atoms with Crippen molar-refractivity contribution >= 4 is 40.9 Å². The van der Waals surface area contributed by atoms with Crippen LogP contribution in [-0.2, 0) is 9.53 Å². The van der Waals surface area contributed by atoms with Crippen LogP contribution in [0.3, 0.4) is 0 Å². The highest BCUT2D eigenvalue weighted by Gasteiger charge is 2.25. The molecule has 0 saturated heterocycles. The van der Waals surface area contributed by atoms with E-state index in [2.05, 4.69) is 30.7 Å². The number of fused-ring (bicyclic) bond motifs is 4. The first kappa shape index (κ1) is 28.8. The van der Waals surface area contributed by atoms with Gasteiger partial charge in [0, 0.05) is 23.4 Å². The zero-order valence-corrected chi connectivity index (χ0v) is 23.9. The van der Waals surface area contributed by atoms with Crippen LogP contribution in [-0.4, -0.2) is 44.5 Å². The third-order valence-corrected chi connectivity index (χ3v) is 7.51. The molecule has 0 saturated carbocycles. The number of amides is 3. The molecular formula is C29H29ClFN7O4. The molecule has 3 amide bonds. The molecule has 2 atom stereocenters. The maximum atomic E-state index is 14.7. The van der Waals surface area contributed by atoms with Crippen LogP contribution in [0.1, 0.15) is 54.1 Å². The van der Waals surface area contributed by atoms with Crippen molar-refractivity contribution in [2.24, 2.45) is 5.92 Å². The van der Waals surface area contributed by atoms with Gasteiger partial charge in [0.25, 0.3) is 5.91 Å². The van der Waals surface area contributed by atoms with Crippen molar-refractivity contribution in [1.29, 1.82) is 0 Å². The Kier molecular flexibility index (Phi) is 8.25. The van der Waals surface area contributed by atoms with Crippen molar-refractivity contribution in [1.82, 2.24) is 24.8 Å². The molecule has 0 unspecified atom stereocenters. The van der Waals surface area contributed by atoms with E-state index in [4.69, 9.17) is 16.6 Å². The summed E-state index contributed by atoms with van der Waals surface area (Å²) in [6.07, 6.45) is 4.16. The lowest BCUT2D eigenvalue weighted by Gasteiger charge is -2.20. The lowest BCUT2D eigenvalue weighted by atomic mass is 9.98. The molecule has 0 fully saturated rings. The van der Waals surface area contributed by atoms with Crippen LogP contribution in [0.5, 0.6) is 0 Å². The number of carbonyl (C=O) groups excluding carboxylic acids is 3. The van der Waals surface area contributed by atoms with E-state index in [1.54, 1.807) is 43.5 Å². The van der Waals surface area contributed by atoms with Gasteiger partial charge in [-0.2, -0.15) is 0 Å². The molecule has 11 nitrogen and oxygen atoms in total. The van der Waals surface area contributed by atoms with Gasteiger partial charge in [-0.25, -0.2) is 19.2 Å². The lowest BCUT2D eigenvalue weighted by molar-refractivity contribution is -0.119. The fourth-order valence-electron chi connectivity index (χ4n) is 4.84. The summed E-state index contributed by atoms with van der Waals surface area (Å²) < 4.78 is 20.8. The van der Waals surface area contributed by atoms with E-state index >= 15 is 0 Å². The first-order valence-electron chi connectivity index (χ1n) is 13.3. The van der Waals surface area contributed by atoms with Crippen LogP contribution in [0, 0.1) is 18.7 Å². The maximum Gasteiger partial charge on any atom is 0.411 e. The molecule has 5 rings (SSSR count). The summed E-state index contributed by atoms with van der Waals surface area (Å²) in [5.74, 6) is -1.09. The summed E-state index contributed by atoms with van der Waals surface area (Å²) in [6, 6.07) is 9.15. The number of imidazole rings is 2. The number of nitrogens with one attached hydrogen (secondary N) is 4. The second-order valence-corrected chi connectivity index (χ2v) is 10.4. The van der Waals surface area contributed by atoms with Gasteiger partial charge in [0.05, 0.1) is 40.9 Å². The summed E-state index contributed by atoms with van der Waals surface area (Å²) in [4.78, 5) is 50.3. The number of carbonyl (C=O) groups is 3. The molecular weight excluding hydrogens is 565 g/mol. The Morgan fingerprint density at radius 3 is 2.81 bits per heavy atom. The number of H-pyrrole nitrogens is 1. The number of aromatic amines is 1. The highest BCUT2D eigenvalue weighted by atomic mass is 35.5. The van der Waals surface area contributed by atoms with Crippen molar-refractivity contribution < 1.29 is 23.5 Å². The highest BCUT2D eigenvalue weighted by Crippen LogP contribution is 2.32. The second-order valence-electron chi connectivity index (χ2n) is 10.0. The molecule has 2 bridgehead atoms. The predicted molar refractivity (Wildman–Crippen MR) is 155 cm³/mol. The summed E-state index contributed by atoms with van der Waals surface area (Å²) >= 11 is 5.95. The quantitative estimate of drug-likeness (QED) is 0.236. The van der Waals surface area contributed by atoms with Crippen molar-refractivity contribution in [3.8, 4) is 17.1 Å². The minimum atomic E-state index is -0.639. The first-order valence-corrected chi connectivity index (χ1v) is 13.7. The minimum Gasteiger partial charge on any atom is -0.453 e. The number of halogens is 2. The smallest absolute Gasteiger partial charge is 0.411 e. The van der Waals surface area contributed by atoms with Gasteiger partial charge in [-0.3, -0.25) is 19.5 Å². The molecule has 4 aromatic rings. The molecule has 1 aliphatic rings. The third kappa shape index (κ3) is 5.84. The van der Waals surface area contributed by atoms with Crippen molar-refractivity contribution in [2.45, 2.75) is 39.2 Å². The molecule has 2 aromatic heterocycles. The van der Waals surface area contributed by atoms with Crippen molar-refractivity contribution in [3.63, 3.8) is 0 Å². The van der Waals surface area contributed by atoms with Gasteiger partial charge in [0.15, 0.2) is 5.82 Å². The highest BCUT2D eigenvalue weighted by molar-refractivity contribution is 6.30. The number of aromatic nitrogens is 4. The van der Waals surface area contributed by atoms with Crippen LogP contribution in [0.25, 0.3) is 17.1 Å². The first-order chi connectivity index (χ1) is 20.2. The molecule has 1 aliphatic heterocycles. The maximum absolute atomic E-state index is 14.7. The van der Waals surface area contributed by atoms with Gasteiger partial charge in [-0.1, -0.05) is 31.0 Å². The normalized spacial score (nSPS) is 16.8. The number of hydrogen-bond donors (Lipinski definition) is 4. The van der Waals surface area contributed by atoms with Crippen LogP contribution in [0.4, 0.5) is 20.6 Å². The average molecular weight is 594 g/mol. The van der Waals surface area contributed by atoms with Gasteiger partial charge in [0.1, 0.15) is 17.8 Å². The summed E-state index contributed by atoms with van der Waals surface area (Å²) in [5.41, 5.74) is 2.85. The number of methoxy groups -OCH3 is 1. The summed E-state index contributed by atoms with van der Waals surface area (Å²) in [5, 5.41) is 8.53. The number of anilines is 2. The number of ether oxygens (including phenoxy) is 1. The zero-order chi connectivity index (χ0) is 30.0. The number of rotatable bonds is 4. The molecule has 4 N–H and O–H groups in total. The monoisotopic (exact) mass is 593 g/mol. The van der Waals surface area contributed by atoms with E-state index in [-0.39, 0.29) is 28.2 Å². The Balaban J connectivity index is 1.45. The Morgan fingerprint density at radius 2 is 2.02 bits per heavy atom. The van der Waals surface area contributed by atoms with E-state index in [9.17, 15) is 18.8 Å². The largest absolute Gasteiger partial charge is 0.453 e. The van der Waals surface area contributed by atoms with Gasteiger partial charge < -0.3 is 20.4 Å².